The second-order valence-corrected chi connectivity index (χ2v) is 6.26. The maximum Gasteiger partial charge on any atom is 0.266 e. The maximum absolute atomic E-state index is 12.6. The molecule has 7 heteroatoms. The van der Waals surface area contributed by atoms with Crippen LogP contribution in [-0.4, -0.2) is 50.2 Å². The lowest BCUT2D eigenvalue weighted by atomic mass is 9.97. The number of amides is 1. The Bertz CT molecular complexity index is 784. The van der Waals surface area contributed by atoms with Crippen molar-refractivity contribution in [3.8, 4) is 0 Å². The van der Waals surface area contributed by atoms with Gasteiger partial charge in [0.05, 0.1) is 6.42 Å². The number of aryl methyl sites for hydroxylation is 2. The molecule has 0 saturated carbocycles. The van der Waals surface area contributed by atoms with E-state index in [9.17, 15) is 14.7 Å². The predicted octanol–water partition coefficient (Wildman–Crippen LogP) is 0.413. The van der Waals surface area contributed by atoms with Crippen LogP contribution in [-0.2, 0) is 11.2 Å². The second kappa shape index (κ2) is 6.16. The molecule has 124 valence electrons. The number of hydrogen-bond donors (Lipinski definition) is 2. The van der Waals surface area contributed by atoms with Crippen molar-refractivity contribution in [1.82, 2.24) is 19.5 Å². The minimum Gasteiger partial charge on any atom is -0.396 e. The van der Waals surface area contributed by atoms with Crippen LogP contribution in [0.5, 0.6) is 0 Å². The summed E-state index contributed by atoms with van der Waals surface area (Å²) < 4.78 is 1.63. The summed E-state index contributed by atoms with van der Waals surface area (Å²) in [7, 11) is 0. The van der Waals surface area contributed by atoms with E-state index in [2.05, 4.69) is 10.1 Å². The highest BCUT2D eigenvalue weighted by Gasteiger charge is 2.23. The van der Waals surface area contributed by atoms with Gasteiger partial charge in [0.1, 0.15) is 0 Å². The summed E-state index contributed by atoms with van der Waals surface area (Å²) >= 11 is 0. The average Bonchev–Trinajstić information content (AvgIpc) is 2.91. The standard InChI is InChI=1S/C16H22N4O3/c1-10-13(11(2)20-14(17-10)8-15(22)18-20)7-16(23)19-5-3-12(9-21)4-6-19/h8,12,21H,3-7,9H2,1-2H3,(H,18,22). The number of H-pyrrole nitrogens is 1. The van der Waals surface area contributed by atoms with Gasteiger partial charge in [-0.3, -0.25) is 14.7 Å². The van der Waals surface area contributed by atoms with E-state index in [1.54, 1.807) is 4.52 Å². The number of nitrogens with one attached hydrogen (secondary N) is 1. The summed E-state index contributed by atoms with van der Waals surface area (Å²) in [4.78, 5) is 30.3. The van der Waals surface area contributed by atoms with Crippen molar-refractivity contribution in [2.75, 3.05) is 19.7 Å². The van der Waals surface area contributed by atoms with Gasteiger partial charge in [-0.1, -0.05) is 0 Å². The molecule has 2 N–H and O–H groups in total. The maximum atomic E-state index is 12.6. The Hall–Kier alpha value is -2.15. The first-order valence-corrected chi connectivity index (χ1v) is 7.96. The number of carbonyl (C=O) groups is 1. The van der Waals surface area contributed by atoms with E-state index in [0.717, 1.165) is 29.8 Å². The second-order valence-electron chi connectivity index (χ2n) is 6.26. The molecule has 0 unspecified atom stereocenters. The number of hydrogen-bond acceptors (Lipinski definition) is 4. The monoisotopic (exact) mass is 318 g/mol. The Morgan fingerprint density at radius 1 is 1.39 bits per heavy atom. The quantitative estimate of drug-likeness (QED) is 0.858. The number of aromatic nitrogens is 3. The number of rotatable bonds is 3. The largest absolute Gasteiger partial charge is 0.396 e. The Balaban J connectivity index is 1.81. The lowest BCUT2D eigenvalue weighted by Gasteiger charge is -2.31. The fourth-order valence-electron chi connectivity index (χ4n) is 3.24. The molecule has 0 aliphatic carbocycles. The fourth-order valence-corrected chi connectivity index (χ4v) is 3.24. The fraction of sp³-hybridized carbons (Fsp3) is 0.562. The molecule has 0 atom stereocenters. The van der Waals surface area contributed by atoms with Gasteiger partial charge in [0.15, 0.2) is 5.65 Å². The van der Waals surface area contributed by atoms with E-state index in [1.807, 2.05) is 18.7 Å². The summed E-state index contributed by atoms with van der Waals surface area (Å²) in [6.45, 7) is 5.33. The van der Waals surface area contributed by atoms with E-state index < -0.39 is 0 Å². The molecule has 3 rings (SSSR count). The topological polar surface area (TPSA) is 90.7 Å². The molecule has 0 spiro atoms. The van der Waals surface area contributed by atoms with E-state index in [1.165, 1.54) is 6.07 Å². The van der Waals surface area contributed by atoms with Crippen LogP contribution in [0.1, 0.15) is 29.8 Å². The molecule has 23 heavy (non-hydrogen) atoms. The molecule has 1 aliphatic heterocycles. The van der Waals surface area contributed by atoms with E-state index >= 15 is 0 Å². The molecular weight excluding hydrogens is 296 g/mol. The molecule has 0 bridgehead atoms. The van der Waals surface area contributed by atoms with Crippen LogP contribution in [0.3, 0.4) is 0 Å². The number of nitrogens with zero attached hydrogens (tertiary/aromatic N) is 3. The third-order valence-corrected chi connectivity index (χ3v) is 4.76. The Kier molecular flexibility index (Phi) is 4.21. The van der Waals surface area contributed by atoms with Crippen LogP contribution < -0.4 is 5.56 Å². The number of carbonyl (C=O) groups excluding carboxylic acids is 1. The number of piperidine rings is 1. The molecule has 0 radical (unpaired) electrons. The van der Waals surface area contributed by atoms with Gasteiger partial charge in [-0.25, -0.2) is 9.50 Å². The number of fused-ring (bicyclic) bond motifs is 1. The summed E-state index contributed by atoms with van der Waals surface area (Å²) in [6.07, 6.45) is 1.98. The van der Waals surface area contributed by atoms with Crippen molar-refractivity contribution in [3.63, 3.8) is 0 Å². The van der Waals surface area contributed by atoms with Crippen LogP contribution in [0.25, 0.3) is 5.65 Å². The van der Waals surface area contributed by atoms with Crippen LogP contribution in [0.4, 0.5) is 0 Å². The smallest absolute Gasteiger partial charge is 0.266 e. The van der Waals surface area contributed by atoms with Gasteiger partial charge < -0.3 is 10.0 Å². The van der Waals surface area contributed by atoms with Gasteiger partial charge in [-0.15, -0.1) is 0 Å². The van der Waals surface area contributed by atoms with Crippen molar-refractivity contribution in [1.29, 1.82) is 0 Å². The highest BCUT2D eigenvalue weighted by Crippen LogP contribution is 2.19. The van der Waals surface area contributed by atoms with Gasteiger partial charge in [0.25, 0.3) is 5.56 Å². The van der Waals surface area contributed by atoms with Crippen molar-refractivity contribution in [2.24, 2.45) is 5.92 Å². The van der Waals surface area contributed by atoms with Crippen LogP contribution in [0, 0.1) is 19.8 Å². The molecule has 1 saturated heterocycles. The summed E-state index contributed by atoms with van der Waals surface area (Å²) in [5.74, 6) is 0.383. The van der Waals surface area contributed by atoms with Crippen LogP contribution in [0.2, 0.25) is 0 Å². The third-order valence-electron chi connectivity index (χ3n) is 4.76. The van der Waals surface area contributed by atoms with E-state index in [4.69, 9.17) is 0 Å². The SMILES string of the molecule is Cc1nc2cc(=O)[nH]n2c(C)c1CC(=O)N1CCC(CO)CC1. The van der Waals surface area contributed by atoms with Gasteiger partial charge in [0.2, 0.25) is 5.91 Å². The van der Waals surface area contributed by atoms with E-state index in [-0.39, 0.29) is 24.5 Å². The van der Waals surface area contributed by atoms with Crippen molar-refractivity contribution >= 4 is 11.6 Å². The highest BCUT2D eigenvalue weighted by atomic mass is 16.3. The first kappa shape index (κ1) is 15.7. The zero-order valence-electron chi connectivity index (χ0n) is 13.5. The lowest BCUT2D eigenvalue weighted by Crippen LogP contribution is -2.40. The van der Waals surface area contributed by atoms with E-state index in [0.29, 0.717) is 24.7 Å². The molecular formula is C16H22N4O3. The Morgan fingerprint density at radius 3 is 2.74 bits per heavy atom. The molecule has 1 amide bonds. The minimum atomic E-state index is -0.199. The molecule has 2 aromatic heterocycles. The first-order chi connectivity index (χ1) is 11.0. The molecule has 0 aromatic carbocycles. The summed E-state index contributed by atoms with van der Waals surface area (Å²) in [5.41, 5.74) is 2.85. The molecule has 1 fully saturated rings. The van der Waals surface area contributed by atoms with Crippen molar-refractivity contribution < 1.29 is 9.90 Å². The number of aromatic amines is 1. The normalized spacial score (nSPS) is 16.2. The van der Waals surface area contributed by atoms with Crippen molar-refractivity contribution in [3.05, 3.63) is 33.4 Å². The Labute approximate surface area is 133 Å². The Morgan fingerprint density at radius 2 is 2.09 bits per heavy atom. The molecule has 3 heterocycles. The summed E-state index contributed by atoms with van der Waals surface area (Å²) in [6, 6.07) is 1.45. The highest BCUT2D eigenvalue weighted by molar-refractivity contribution is 5.79. The lowest BCUT2D eigenvalue weighted by molar-refractivity contribution is -0.132. The van der Waals surface area contributed by atoms with Gasteiger partial charge >= 0.3 is 0 Å². The van der Waals surface area contributed by atoms with Gasteiger partial charge in [-0.05, 0) is 32.6 Å². The average molecular weight is 318 g/mol. The minimum absolute atomic E-state index is 0.0724. The van der Waals surface area contributed by atoms with Gasteiger partial charge in [0, 0.05) is 42.7 Å². The van der Waals surface area contributed by atoms with Gasteiger partial charge in [-0.2, -0.15) is 0 Å². The zero-order valence-corrected chi connectivity index (χ0v) is 13.5. The summed E-state index contributed by atoms with van der Waals surface area (Å²) in [5, 5.41) is 11.9. The molecule has 2 aromatic rings. The van der Waals surface area contributed by atoms with Crippen LogP contribution >= 0.6 is 0 Å². The number of aliphatic hydroxyl groups excluding tert-OH is 1. The first-order valence-electron chi connectivity index (χ1n) is 7.96. The third kappa shape index (κ3) is 3.01. The molecule has 7 nitrogen and oxygen atoms in total. The predicted molar refractivity (Wildman–Crippen MR) is 85.4 cm³/mol. The van der Waals surface area contributed by atoms with Crippen molar-refractivity contribution in [2.45, 2.75) is 33.1 Å². The number of likely N-dealkylation sites (tertiary alicyclic amines) is 1. The zero-order chi connectivity index (χ0) is 16.6. The molecule has 1 aliphatic rings. The number of aliphatic hydroxyl groups is 1. The van der Waals surface area contributed by atoms with Crippen LogP contribution in [0.15, 0.2) is 10.9 Å².